The molecule has 0 unspecified atom stereocenters. The SMILES string of the molecule is FC(F)COc1ccc(Br)cc1CN1CCCC1. The summed E-state index contributed by atoms with van der Waals surface area (Å²) in [6, 6.07) is 5.51. The Bertz CT molecular complexity index is 395. The van der Waals surface area contributed by atoms with Gasteiger partial charge in [0.25, 0.3) is 6.43 Å². The molecule has 1 heterocycles. The third kappa shape index (κ3) is 3.92. The molecular formula is C13H16BrF2NO. The summed E-state index contributed by atoms with van der Waals surface area (Å²) in [5, 5.41) is 0. The highest BCUT2D eigenvalue weighted by atomic mass is 79.9. The lowest BCUT2D eigenvalue weighted by molar-refractivity contribution is 0.0810. The Morgan fingerprint density at radius 2 is 2.00 bits per heavy atom. The largest absolute Gasteiger partial charge is 0.487 e. The molecule has 1 fully saturated rings. The van der Waals surface area contributed by atoms with E-state index in [1.54, 1.807) is 6.07 Å². The molecule has 2 rings (SSSR count). The molecule has 5 heteroatoms. The van der Waals surface area contributed by atoms with Crippen molar-refractivity contribution in [2.45, 2.75) is 25.8 Å². The number of hydrogen-bond donors (Lipinski definition) is 0. The molecule has 1 aliphatic rings. The van der Waals surface area contributed by atoms with Gasteiger partial charge in [-0.2, -0.15) is 0 Å². The summed E-state index contributed by atoms with van der Waals surface area (Å²) in [6.07, 6.45) is -0.0177. The van der Waals surface area contributed by atoms with Gasteiger partial charge < -0.3 is 4.74 Å². The molecule has 1 aromatic rings. The van der Waals surface area contributed by atoms with Gasteiger partial charge in [0.15, 0.2) is 0 Å². The lowest BCUT2D eigenvalue weighted by atomic mass is 10.2. The van der Waals surface area contributed by atoms with Gasteiger partial charge in [0.1, 0.15) is 12.4 Å². The summed E-state index contributed by atoms with van der Waals surface area (Å²) >= 11 is 3.40. The van der Waals surface area contributed by atoms with Gasteiger partial charge in [-0.25, -0.2) is 8.78 Å². The van der Waals surface area contributed by atoms with Gasteiger partial charge in [-0.1, -0.05) is 15.9 Å². The van der Waals surface area contributed by atoms with Gasteiger partial charge in [-0.05, 0) is 44.1 Å². The van der Waals surface area contributed by atoms with Crippen molar-refractivity contribution in [3.8, 4) is 5.75 Å². The molecule has 0 spiro atoms. The van der Waals surface area contributed by atoms with E-state index in [9.17, 15) is 8.78 Å². The van der Waals surface area contributed by atoms with Gasteiger partial charge in [0, 0.05) is 16.6 Å². The number of nitrogens with zero attached hydrogens (tertiary/aromatic N) is 1. The highest BCUT2D eigenvalue weighted by molar-refractivity contribution is 9.10. The van der Waals surface area contributed by atoms with Crippen LogP contribution in [0.4, 0.5) is 8.78 Å². The minimum absolute atomic E-state index is 0.547. The second-order valence-electron chi connectivity index (χ2n) is 4.44. The van der Waals surface area contributed by atoms with Gasteiger partial charge in [0.2, 0.25) is 0 Å². The van der Waals surface area contributed by atoms with Crippen molar-refractivity contribution >= 4 is 15.9 Å². The topological polar surface area (TPSA) is 12.5 Å². The first kappa shape index (κ1) is 13.7. The van der Waals surface area contributed by atoms with E-state index in [1.165, 1.54) is 12.8 Å². The molecule has 1 aromatic carbocycles. The van der Waals surface area contributed by atoms with Crippen LogP contribution in [0, 0.1) is 0 Å². The normalized spacial score (nSPS) is 16.4. The molecule has 100 valence electrons. The van der Waals surface area contributed by atoms with E-state index in [0.29, 0.717) is 5.75 Å². The van der Waals surface area contributed by atoms with Gasteiger partial charge in [-0.15, -0.1) is 0 Å². The summed E-state index contributed by atoms with van der Waals surface area (Å²) in [6.45, 7) is 2.36. The lowest BCUT2D eigenvalue weighted by Crippen LogP contribution is -2.19. The molecule has 0 saturated carbocycles. The predicted octanol–water partition coefficient (Wildman–Crippen LogP) is 3.69. The molecule has 18 heavy (non-hydrogen) atoms. The Balaban J connectivity index is 2.07. The van der Waals surface area contributed by atoms with E-state index in [1.807, 2.05) is 12.1 Å². The summed E-state index contributed by atoms with van der Waals surface area (Å²) in [7, 11) is 0. The number of benzene rings is 1. The smallest absolute Gasteiger partial charge is 0.272 e. The number of halogens is 3. The summed E-state index contributed by atoms with van der Waals surface area (Å²) in [5.74, 6) is 0.561. The standard InChI is InChI=1S/C13H16BrF2NO/c14-11-3-4-12(18-9-13(15)16)10(7-11)8-17-5-1-2-6-17/h3-4,7,13H,1-2,5-6,8-9H2. The Morgan fingerprint density at radius 1 is 1.28 bits per heavy atom. The molecule has 2 nitrogen and oxygen atoms in total. The molecule has 0 atom stereocenters. The fraction of sp³-hybridized carbons (Fsp3) is 0.538. The lowest BCUT2D eigenvalue weighted by Gasteiger charge is -2.18. The van der Waals surface area contributed by atoms with Crippen molar-refractivity contribution in [3.05, 3.63) is 28.2 Å². The van der Waals surface area contributed by atoms with Crippen molar-refractivity contribution < 1.29 is 13.5 Å². The van der Waals surface area contributed by atoms with Crippen molar-refractivity contribution in [1.82, 2.24) is 4.90 Å². The zero-order chi connectivity index (χ0) is 13.0. The average Bonchev–Trinajstić information content (AvgIpc) is 2.80. The fourth-order valence-corrected chi connectivity index (χ4v) is 2.56. The van der Waals surface area contributed by atoms with Gasteiger partial charge in [0.05, 0.1) is 0 Å². The fourth-order valence-electron chi connectivity index (χ4n) is 2.15. The van der Waals surface area contributed by atoms with Gasteiger partial charge in [-0.3, -0.25) is 4.90 Å². The molecule has 1 aliphatic heterocycles. The number of rotatable bonds is 5. The number of likely N-dealkylation sites (tertiary alicyclic amines) is 1. The van der Waals surface area contributed by atoms with Crippen LogP contribution in [0.2, 0.25) is 0 Å². The Labute approximate surface area is 114 Å². The van der Waals surface area contributed by atoms with Gasteiger partial charge >= 0.3 is 0 Å². The highest BCUT2D eigenvalue weighted by Gasteiger charge is 2.15. The van der Waals surface area contributed by atoms with E-state index >= 15 is 0 Å². The van der Waals surface area contributed by atoms with Crippen LogP contribution >= 0.6 is 15.9 Å². The number of ether oxygens (including phenoxy) is 1. The molecule has 1 saturated heterocycles. The van der Waals surface area contributed by atoms with Crippen LogP contribution in [0.15, 0.2) is 22.7 Å². The first-order valence-electron chi connectivity index (χ1n) is 6.07. The Morgan fingerprint density at radius 3 is 2.67 bits per heavy atom. The number of hydrogen-bond acceptors (Lipinski definition) is 2. The van der Waals surface area contributed by atoms with E-state index in [0.717, 1.165) is 29.7 Å². The maximum absolute atomic E-state index is 12.2. The van der Waals surface area contributed by atoms with Crippen molar-refractivity contribution in [3.63, 3.8) is 0 Å². The molecule has 0 amide bonds. The summed E-state index contributed by atoms with van der Waals surface area (Å²) in [4.78, 5) is 2.32. The van der Waals surface area contributed by atoms with Crippen LogP contribution in [0.25, 0.3) is 0 Å². The highest BCUT2D eigenvalue weighted by Crippen LogP contribution is 2.26. The van der Waals surface area contributed by atoms with Crippen molar-refractivity contribution in [2.75, 3.05) is 19.7 Å². The molecule has 0 bridgehead atoms. The molecular weight excluding hydrogens is 304 g/mol. The van der Waals surface area contributed by atoms with Crippen LogP contribution in [-0.2, 0) is 6.54 Å². The van der Waals surface area contributed by atoms with E-state index in [4.69, 9.17) is 4.74 Å². The second-order valence-corrected chi connectivity index (χ2v) is 5.35. The third-order valence-electron chi connectivity index (χ3n) is 2.98. The Hall–Kier alpha value is -0.680. The summed E-state index contributed by atoms with van der Waals surface area (Å²) in [5.41, 5.74) is 0.965. The van der Waals surface area contributed by atoms with E-state index in [-0.39, 0.29) is 0 Å². The minimum Gasteiger partial charge on any atom is -0.487 e. The maximum Gasteiger partial charge on any atom is 0.272 e. The third-order valence-corrected chi connectivity index (χ3v) is 3.47. The van der Waals surface area contributed by atoms with Crippen molar-refractivity contribution in [1.29, 1.82) is 0 Å². The maximum atomic E-state index is 12.2. The van der Waals surface area contributed by atoms with Crippen molar-refractivity contribution in [2.24, 2.45) is 0 Å². The quantitative estimate of drug-likeness (QED) is 0.820. The minimum atomic E-state index is -2.44. The monoisotopic (exact) mass is 319 g/mol. The zero-order valence-corrected chi connectivity index (χ0v) is 11.6. The second kappa shape index (κ2) is 6.48. The molecule has 0 aromatic heterocycles. The van der Waals surface area contributed by atoms with Crippen LogP contribution in [0.5, 0.6) is 5.75 Å². The number of alkyl halides is 2. The van der Waals surface area contributed by atoms with E-state index in [2.05, 4.69) is 20.8 Å². The molecule has 0 N–H and O–H groups in total. The van der Waals surface area contributed by atoms with Crippen LogP contribution in [0.3, 0.4) is 0 Å². The average molecular weight is 320 g/mol. The zero-order valence-electron chi connectivity index (χ0n) is 10.0. The first-order chi connectivity index (χ1) is 8.65. The Kier molecular flexibility index (Phi) is 4.95. The van der Waals surface area contributed by atoms with Crippen LogP contribution in [-0.4, -0.2) is 31.0 Å². The summed E-state index contributed by atoms with van der Waals surface area (Å²) < 4.78 is 30.5. The molecule has 0 radical (unpaired) electrons. The molecule has 0 aliphatic carbocycles. The van der Waals surface area contributed by atoms with Crippen LogP contribution in [0.1, 0.15) is 18.4 Å². The predicted molar refractivity (Wildman–Crippen MR) is 70.2 cm³/mol. The van der Waals surface area contributed by atoms with Crippen LogP contribution < -0.4 is 4.74 Å². The first-order valence-corrected chi connectivity index (χ1v) is 6.86. The van der Waals surface area contributed by atoms with E-state index < -0.39 is 13.0 Å².